The van der Waals surface area contributed by atoms with Crippen LogP contribution in [0.25, 0.3) is 0 Å². The molecule has 0 atom stereocenters. The van der Waals surface area contributed by atoms with Crippen LogP contribution in [0.3, 0.4) is 0 Å². The number of hydrogen-bond acceptors (Lipinski definition) is 3. The fraction of sp³-hybridized carbons (Fsp3) is 0.235. The second-order valence-corrected chi connectivity index (χ2v) is 4.98. The molecule has 0 aliphatic rings. The van der Waals surface area contributed by atoms with Gasteiger partial charge in [0, 0.05) is 24.8 Å². The summed E-state index contributed by atoms with van der Waals surface area (Å²) >= 11 is 0. The molecule has 0 saturated heterocycles. The number of para-hydroxylation sites is 1. The van der Waals surface area contributed by atoms with Crippen molar-refractivity contribution < 1.29 is 9.53 Å². The summed E-state index contributed by atoms with van der Waals surface area (Å²) in [7, 11) is 3.41. The first-order valence-electron chi connectivity index (χ1n) is 6.80. The van der Waals surface area contributed by atoms with E-state index in [1.807, 2.05) is 48.5 Å². The molecule has 0 heterocycles. The van der Waals surface area contributed by atoms with E-state index in [0.717, 1.165) is 22.6 Å². The summed E-state index contributed by atoms with van der Waals surface area (Å²) in [4.78, 5) is 14.0. The number of carbonyl (C=O) groups is 1. The molecule has 0 aliphatic heterocycles. The van der Waals surface area contributed by atoms with E-state index in [1.165, 1.54) is 0 Å². The molecular formula is C17H20N2O2. The van der Waals surface area contributed by atoms with E-state index < -0.39 is 0 Å². The number of methoxy groups -OCH3 is 1. The normalized spacial score (nSPS) is 10.2. The molecule has 4 nitrogen and oxygen atoms in total. The van der Waals surface area contributed by atoms with Crippen molar-refractivity contribution in [3.05, 3.63) is 59.7 Å². The van der Waals surface area contributed by atoms with Crippen molar-refractivity contribution >= 4 is 11.6 Å². The lowest BCUT2D eigenvalue weighted by molar-refractivity contribution is -0.129. The summed E-state index contributed by atoms with van der Waals surface area (Å²) in [6, 6.07) is 15.1. The Labute approximate surface area is 125 Å². The van der Waals surface area contributed by atoms with E-state index in [2.05, 4.69) is 0 Å². The smallest absolute Gasteiger partial charge is 0.227 e. The van der Waals surface area contributed by atoms with Crippen molar-refractivity contribution in [2.75, 3.05) is 19.9 Å². The van der Waals surface area contributed by atoms with Gasteiger partial charge in [0.2, 0.25) is 5.91 Å². The summed E-state index contributed by atoms with van der Waals surface area (Å²) in [6.45, 7) is 0.564. The van der Waals surface area contributed by atoms with Gasteiger partial charge in [0.15, 0.2) is 0 Å². The van der Waals surface area contributed by atoms with Crippen LogP contribution in [-0.4, -0.2) is 25.0 Å². The number of nitrogens with two attached hydrogens (primary N) is 1. The molecule has 0 aliphatic carbocycles. The lowest BCUT2D eigenvalue weighted by atomic mass is 10.1. The molecule has 1 amide bonds. The first-order valence-corrected chi connectivity index (χ1v) is 6.80. The Bertz CT molecular complexity index is 608. The van der Waals surface area contributed by atoms with Gasteiger partial charge in [0.1, 0.15) is 5.75 Å². The Kier molecular flexibility index (Phi) is 4.82. The minimum absolute atomic E-state index is 0.0522. The molecule has 4 heteroatoms. The van der Waals surface area contributed by atoms with Crippen LogP contribution in [-0.2, 0) is 17.8 Å². The van der Waals surface area contributed by atoms with Gasteiger partial charge >= 0.3 is 0 Å². The molecule has 2 N–H and O–H groups in total. The number of hydrogen-bond donors (Lipinski definition) is 1. The van der Waals surface area contributed by atoms with Crippen LogP contribution in [0.1, 0.15) is 11.1 Å². The van der Waals surface area contributed by atoms with Crippen LogP contribution in [0.5, 0.6) is 5.75 Å². The zero-order chi connectivity index (χ0) is 15.2. The number of amides is 1. The third kappa shape index (κ3) is 3.99. The molecule has 0 fully saturated rings. The van der Waals surface area contributed by atoms with E-state index in [4.69, 9.17) is 10.5 Å². The molecule has 0 unspecified atom stereocenters. The number of nitrogens with zero attached hydrogens (tertiary/aromatic N) is 1. The van der Waals surface area contributed by atoms with Crippen LogP contribution >= 0.6 is 0 Å². The van der Waals surface area contributed by atoms with Crippen LogP contribution in [0, 0.1) is 0 Å². The SMILES string of the molecule is COc1ccccc1CC(=O)N(C)Cc1ccc(N)cc1. The lowest BCUT2D eigenvalue weighted by Gasteiger charge is -2.18. The second-order valence-electron chi connectivity index (χ2n) is 4.98. The zero-order valence-electron chi connectivity index (χ0n) is 12.4. The van der Waals surface area contributed by atoms with Crippen molar-refractivity contribution in [3.63, 3.8) is 0 Å². The number of nitrogen functional groups attached to an aromatic ring is 1. The molecule has 21 heavy (non-hydrogen) atoms. The third-order valence-electron chi connectivity index (χ3n) is 3.36. The number of likely N-dealkylation sites (N-methyl/N-ethyl adjacent to an activating group) is 1. The highest BCUT2D eigenvalue weighted by atomic mass is 16.5. The van der Waals surface area contributed by atoms with Gasteiger partial charge in [-0.3, -0.25) is 4.79 Å². The summed E-state index contributed by atoms with van der Waals surface area (Å²) in [5.74, 6) is 0.794. The highest BCUT2D eigenvalue weighted by Gasteiger charge is 2.12. The average molecular weight is 284 g/mol. The molecule has 2 aromatic rings. The van der Waals surface area contributed by atoms with Gasteiger partial charge in [-0.25, -0.2) is 0 Å². The van der Waals surface area contributed by atoms with Gasteiger partial charge in [-0.1, -0.05) is 30.3 Å². The monoisotopic (exact) mass is 284 g/mol. The van der Waals surface area contributed by atoms with Crippen molar-refractivity contribution in [2.45, 2.75) is 13.0 Å². The molecule has 2 rings (SSSR count). The van der Waals surface area contributed by atoms with Gasteiger partial charge < -0.3 is 15.4 Å². The third-order valence-corrected chi connectivity index (χ3v) is 3.36. The van der Waals surface area contributed by atoms with Crippen LogP contribution in [0.4, 0.5) is 5.69 Å². The summed E-state index contributed by atoms with van der Waals surface area (Å²) in [5.41, 5.74) is 8.33. The predicted molar refractivity (Wildman–Crippen MR) is 84.0 cm³/mol. The molecule has 0 bridgehead atoms. The molecule has 0 spiro atoms. The molecule has 0 saturated carbocycles. The van der Waals surface area contributed by atoms with Crippen LogP contribution < -0.4 is 10.5 Å². The molecular weight excluding hydrogens is 264 g/mol. The Hall–Kier alpha value is -2.49. The lowest BCUT2D eigenvalue weighted by Crippen LogP contribution is -2.27. The van der Waals surface area contributed by atoms with Crippen molar-refractivity contribution in [1.82, 2.24) is 4.90 Å². The topological polar surface area (TPSA) is 55.6 Å². The number of carbonyl (C=O) groups excluding carboxylic acids is 1. The minimum atomic E-state index is 0.0522. The van der Waals surface area contributed by atoms with Gasteiger partial charge in [-0.2, -0.15) is 0 Å². The summed E-state index contributed by atoms with van der Waals surface area (Å²) in [6.07, 6.45) is 0.329. The van der Waals surface area contributed by atoms with E-state index in [0.29, 0.717) is 13.0 Å². The summed E-state index contributed by atoms with van der Waals surface area (Å²) in [5, 5.41) is 0. The Morgan fingerprint density at radius 2 is 1.81 bits per heavy atom. The first kappa shape index (κ1) is 14.9. The maximum absolute atomic E-state index is 12.3. The number of rotatable bonds is 5. The van der Waals surface area contributed by atoms with Gasteiger partial charge in [0.25, 0.3) is 0 Å². The average Bonchev–Trinajstić information content (AvgIpc) is 2.50. The largest absolute Gasteiger partial charge is 0.496 e. The molecule has 110 valence electrons. The number of ether oxygens (including phenoxy) is 1. The maximum atomic E-state index is 12.3. The van der Waals surface area contributed by atoms with Crippen molar-refractivity contribution in [1.29, 1.82) is 0 Å². The van der Waals surface area contributed by atoms with E-state index in [1.54, 1.807) is 19.1 Å². The molecule has 0 aromatic heterocycles. The Morgan fingerprint density at radius 1 is 1.14 bits per heavy atom. The van der Waals surface area contributed by atoms with Gasteiger partial charge in [0.05, 0.1) is 13.5 Å². The van der Waals surface area contributed by atoms with Crippen molar-refractivity contribution in [3.8, 4) is 5.75 Å². The summed E-state index contributed by atoms with van der Waals surface area (Å²) < 4.78 is 5.27. The highest BCUT2D eigenvalue weighted by Crippen LogP contribution is 2.18. The highest BCUT2D eigenvalue weighted by molar-refractivity contribution is 5.79. The predicted octanol–water partition coefficient (Wildman–Crippen LogP) is 2.48. The van der Waals surface area contributed by atoms with Crippen LogP contribution in [0.15, 0.2) is 48.5 Å². The number of anilines is 1. The maximum Gasteiger partial charge on any atom is 0.227 e. The fourth-order valence-corrected chi connectivity index (χ4v) is 2.13. The quantitative estimate of drug-likeness (QED) is 0.858. The molecule has 2 aromatic carbocycles. The second kappa shape index (κ2) is 6.79. The Balaban J connectivity index is 2.01. The molecule has 0 radical (unpaired) electrons. The minimum Gasteiger partial charge on any atom is -0.496 e. The fourth-order valence-electron chi connectivity index (χ4n) is 2.13. The van der Waals surface area contributed by atoms with E-state index >= 15 is 0 Å². The Morgan fingerprint density at radius 3 is 2.48 bits per heavy atom. The van der Waals surface area contributed by atoms with Gasteiger partial charge in [-0.15, -0.1) is 0 Å². The van der Waals surface area contributed by atoms with Crippen molar-refractivity contribution in [2.24, 2.45) is 0 Å². The van der Waals surface area contributed by atoms with Crippen LogP contribution in [0.2, 0.25) is 0 Å². The standard InChI is InChI=1S/C17H20N2O2/c1-19(12-13-7-9-15(18)10-8-13)17(20)11-14-5-3-4-6-16(14)21-2/h3-10H,11-12,18H2,1-2H3. The first-order chi connectivity index (χ1) is 10.1. The van der Waals surface area contributed by atoms with E-state index in [9.17, 15) is 4.79 Å². The van der Waals surface area contributed by atoms with Gasteiger partial charge in [-0.05, 0) is 23.8 Å². The zero-order valence-corrected chi connectivity index (χ0v) is 12.4. The number of benzene rings is 2. The van der Waals surface area contributed by atoms with E-state index in [-0.39, 0.29) is 5.91 Å².